The highest BCUT2D eigenvalue weighted by Crippen LogP contribution is 2.42. The van der Waals surface area contributed by atoms with Crippen LogP contribution in [0, 0.1) is 20.8 Å². The number of amides is 3. The fraction of sp³-hybridized carbons (Fsp3) is 0.462. The van der Waals surface area contributed by atoms with Crippen LogP contribution in [0.1, 0.15) is 53.8 Å². The van der Waals surface area contributed by atoms with Crippen molar-refractivity contribution in [2.24, 2.45) is 0 Å². The van der Waals surface area contributed by atoms with E-state index in [-0.39, 0.29) is 23.4 Å². The average molecular weight is 452 g/mol. The van der Waals surface area contributed by atoms with Gasteiger partial charge in [-0.1, -0.05) is 35.9 Å². The van der Waals surface area contributed by atoms with Crippen LogP contribution in [-0.4, -0.2) is 46.1 Å². The summed E-state index contributed by atoms with van der Waals surface area (Å²) >= 11 is 1.67. The second kappa shape index (κ2) is 9.57. The number of nitrogens with zero attached hydrogens (tertiary/aromatic N) is 2. The van der Waals surface area contributed by atoms with Crippen molar-refractivity contribution in [3.63, 3.8) is 0 Å². The molecule has 2 aliphatic rings. The number of urea groups is 1. The molecule has 0 radical (unpaired) electrons. The van der Waals surface area contributed by atoms with Crippen LogP contribution in [0.2, 0.25) is 0 Å². The Hall–Kier alpha value is -2.47. The van der Waals surface area contributed by atoms with Gasteiger partial charge in [0.25, 0.3) is 0 Å². The van der Waals surface area contributed by atoms with Crippen LogP contribution in [0.5, 0.6) is 0 Å². The minimum atomic E-state index is -0.460. The highest BCUT2D eigenvalue weighted by atomic mass is 32.2. The summed E-state index contributed by atoms with van der Waals surface area (Å²) in [5.74, 6) is 0.690. The molecular formula is C26H33N3O2S. The van der Waals surface area contributed by atoms with Crippen LogP contribution >= 0.6 is 11.8 Å². The molecule has 0 saturated carbocycles. The van der Waals surface area contributed by atoms with Crippen molar-refractivity contribution in [1.29, 1.82) is 0 Å². The lowest BCUT2D eigenvalue weighted by molar-refractivity contribution is -0.138. The predicted molar refractivity (Wildman–Crippen MR) is 132 cm³/mol. The second-order valence-corrected chi connectivity index (χ2v) is 10.2. The maximum Gasteiger partial charge on any atom is 0.323 e. The summed E-state index contributed by atoms with van der Waals surface area (Å²) in [4.78, 5) is 30.9. The molecule has 2 aromatic carbocycles. The number of nitrogens with one attached hydrogen (secondary N) is 1. The summed E-state index contributed by atoms with van der Waals surface area (Å²) in [6, 6.07) is 13.7. The van der Waals surface area contributed by atoms with Gasteiger partial charge in [-0.05, 0) is 75.8 Å². The minimum absolute atomic E-state index is 0.0783. The van der Waals surface area contributed by atoms with Gasteiger partial charge >= 0.3 is 6.03 Å². The lowest BCUT2D eigenvalue weighted by Gasteiger charge is -2.38. The van der Waals surface area contributed by atoms with E-state index in [9.17, 15) is 9.59 Å². The lowest BCUT2D eigenvalue weighted by atomic mass is 10.0. The van der Waals surface area contributed by atoms with E-state index >= 15 is 0 Å². The summed E-state index contributed by atoms with van der Waals surface area (Å²) in [6.07, 6.45) is 3.22. The Morgan fingerprint density at radius 2 is 1.75 bits per heavy atom. The molecular weight excluding hydrogens is 418 g/mol. The second-order valence-electron chi connectivity index (χ2n) is 9.13. The number of likely N-dealkylation sites (tertiary alicyclic amines) is 1. The van der Waals surface area contributed by atoms with Gasteiger partial charge in [0, 0.05) is 24.0 Å². The molecule has 0 spiro atoms. The number of carbonyl (C=O) groups is 2. The zero-order valence-corrected chi connectivity index (χ0v) is 20.2. The summed E-state index contributed by atoms with van der Waals surface area (Å²) in [5.41, 5.74) is 5.30. The monoisotopic (exact) mass is 451 g/mol. The van der Waals surface area contributed by atoms with Gasteiger partial charge in [0.05, 0.1) is 0 Å². The molecule has 2 fully saturated rings. The van der Waals surface area contributed by atoms with Crippen molar-refractivity contribution >= 4 is 29.4 Å². The first kappa shape index (κ1) is 22.7. The largest absolute Gasteiger partial charge is 0.338 e. The molecule has 2 aliphatic heterocycles. The molecule has 170 valence electrons. The van der Waals surface area contributed by atoms with E-state index in [2.05, 4.69) is 50.4 Å². The van der Waals surface area contributed by atoms with Gasteiger partial charge in [-0.3, -0.25) is 9.69 Å². The van der Waals surface area contributed by atoms with Gasteiger partial charge in [0.1, 0.15) is 11.4 Å². The van der Waals surface area contributed by atoms with Crippen LogP contribution in [-0.2, 0) is 4.79 Å². The third kappa shape index (κ3) is 4.65. The zero-order valence-electron chi connectivity index (χ0n) is 19.4. The molecule has 6 heteroatoms. The quantitative estimate of drug-likeness (QED) is 0.655. The molecule has 2 saturated heterocycles. The third-order valence-corrected chi connectivity index (χ3v) is 8.05. The predicted octanol–water partition coefficient (Wildman–Crippen LogP) is 5.66. The van der Waals surface area contributed by atoms with Crippen molar-refractivity contribution in [2.75, 3.05) is 17.6 Å². The van der Waals surface area contributed by atoms with E-state index < -0.39 is 6.04 Å². The van der Waals surface area contributed by atoms with Crippen LogP contribution in [0.4, 0.5) is 10.5 Å². The first-order chi connectivity index (χ1) is 15.3. The Bertz CT molecular complexity index is 991. The first-order valence-electron chi connectivity index (χ1n) is 11.5. The maximum atomic E-state index is 13.6. The van der Waals surface area contributed by atoms with Crippen molar-refractivity contribution < 1.29 is 9.59 Å². The molecule has 2 heterocycles. The van der Waals surface area contributed by atoms with Crippen LogP contribution in [0.3, 0.4) is 0 Å². The Balaban J connectivity index is 1.63. The van der Waals surface area contributed by atoms with Gasteiger partial charge < -0.3 is 10.2 Å². The standard InChI is InChI=1S/C26H33N3O2S/c1-17-8-11-21(12-9-17)25-29(26(31)27-22-13-10-18(2)19(3)15-22)23(16-32-25)24(30)28-14-6-5-7-20(28)4/h8-13,15,20,23,25H,5-7,14,16H2,1-4H3,(H,27,31). The number of anilines is 1. The van der Waals surface area contributed by atoms with E-state index in [1.807, 2.05) is 30.0 Å². The lowest BCUT2D eigenvalue weighted by Crippen LogP contribution is -2.54. The first-order valence-corrected chi connectivity index (χ1v) is 12.6. The van der Waals surface area contributed by atoms with E-state index in [4.69, 9.17) is 0 Å². The smallest absolute Gasteiger partial charge is 0.323 e. The summed E-state index contributed by atoms with van der Waals surface area (Å²) in [7, 11) is 0. The van der Waals surface area contributed by atoms with Crippen molar-refractivity contribution in [2.45, 2.75) is 64.4 Å². The van der Waals surface area contributed by atoms with Gasteiger partial charge in [0.2, 0.25) is 5.91 Å². The van der Waals surface area contributed by atoms with E-state index in [1.165, 1.54) is 11.1 Å². The minimum Gasteiger partial charge on any atom is -0.338 e. The summed E-state index contributed by atoms with van der Waals surface area (Å²) in [5, 5.41) is 2.88. The molecule has 0 bridgehead atoms. The molecule has 32 heavy (non-hydrogen) atoms. The fourth-order valence-corrected chi connectivity index (χ4v) is 5.98. The van der Waals surface area contributed by atoms with Gasteiger partial charge in [-0.2, -0.15) is 0 Å². The Morgan fingerprint density at radius 3 is 2.44 bits per heavy atom. The zero-order chi connectivity index (χ0) is 22.8. The van der Waals surface area contributed by atoms with Gasteiger partial charge in [-0.25, -0.2) is 4.79 Å². The van der Waals surface area contributed by atoms with Crippen LogP contribution in [0.15, 0.2) is 42.5 Å². The Kier molecular flexibility index (Phi) is 6.79. The maximum absolute atomic E-state index is 13.6. The van der Waals surface area contributed by atoms with Crippen molar-refractivity contribution in [1.82, 2.24) is 9.80 Å². The highest BCUT2D eigenvalue weighted by molar-refractivity contribution is 7.99. The number of piperidine rings is 1. The molecule has 3 unspecified atom stereocenters. The number of benzene rings is 2. The SMILES string of the molecule is Cc1ccc(C2SCC(C(=O)N3CCCCC3C)N2C(=O)Nc2ccc(C)c(C)c2)cc1. The molecule has 2 aromatic rings. The van der Waals surface area contributed by atoms with Crippen LogP contribution < -0.4 is 5.32 Å². The van der Waals surface area contributed by atoms with E-state index in [0.717, 1.165) is 42.6 Å². The topological polar surface area (TPSA) is 52.7 Å². The number of hydrogen-bond donors (Lipinski definition) is 1. The van der Waals surface area contributed by atoms with Gasteiger partial charge in [-0.15, -0.1) is 11.8 Å². The molecule has 0 aliphatic carbocycles. The Morgan fingerprint density at radius 1 is 1.00 bits per heavy atom. The molecule has 0 aromatic heterocycles. The van der Waals surface area contributed by atoms with Crippen molar-refractivity contribution in [3.8, 4) is 0 Å². The van der Waals surface area contributed by atoms with Gasteiger partial charge in [0.15, 0.2) is 0 Å². The normalized spacial score (nSPS) is 23.3. The van der Waals surface area contributed by atoms with Crippen molar-refractivity contribution in [3.05, 3.63) is 64.7 Å². The fourth-order valence-electron chi connectivity index (χ4n) is 4.56. The Labute approximate surface area is 195 Å². The van der Waals surface area contributed by atoms with E-state index in [0.29, 0.717) is 5.75 Å². The number of rotatable bonds is 3. The summed E-state index contributed by atoms with van der Waals surface area (Å²) in [6.45, 7) is 9.05. The highest BCUT2D eigenvalue weighted by Gasteiger charge is 2.44. The third-order valence-electron chi connectivity index (χ3n) is 6.73. The van der Waals surface area contributed by atoms with E-state index in [1.54, 1.807) is 16.7 Å². The van der Waals surface area contributed by atoms with Crippen LogP contribution in [0.25, 0.3) is 0 Å². The number of aryl methyl sites for hydroxylation is 3. The average Bonchev–Trinajstić information content (AvgIpc) is 3.22. The molecule has 5 nitrogen and oxygen atoms in total. The summed E-state index contributed by atoms with van der Waals surface area (Å²) < 4.78 is 0. The number of carbonyl (C=O) groups excluding carboxylic acids is 2. The molecule has 4 rings (SSSR count). The molecule has 3 atom stereocenters. The number of thioether (sulfide) groups is 1. The molecule has 3 amide bonds. The number of hydrogen-bond acceptors (Lipinski definition) is 3. The molecule has 1 N–H and O–H groups in total.